The molecule has 37 heavy (non-hydrogen) atoms. The number of imide groups is 1. The number of methoxy groups -OCH3 is 2. The van der Waals surface area contributed by atoms with E-state index in [1.54, 1.807) is 36.4 Å². The number of carbonyl (C=O) groups excluding carboxylic acids is 2. The number of ether oxygens (including phenoxy) is 3. The Labute approximate surface area is 216 Å². The number of hydrogen-bond acceptors (Lipinski definition) is 7. The van der Waals surface area contributed by atoms with Gasteiger partial charge >= 0.3 is 0 Å². The molecule has 2 aliphatic heterocycles. The maximum atomic E-state index is 13.9. The molecule has 3 aromatic rings. The largest absolute Gasteiger partial charge is 0.495 e. The first-order valence-corrected chi connectivity index (χ1v) is 12.4. The summed E-state index contributed by atoms with van der Waals surface area (Å²) in [5.74, 6) is 0.0963. The summed E-state index contributed by atoms with van der Waals surface area (Å²) in [5, 5.41) is 1.66. The molecule has 8 heteroatoms. The normalized spacial score (nSPS) is 20.8. The Kier molecular flexibility index (Phi) is 7.01. The smallest absolute Gasteiger partial charge is 0.266 e. The average molecular weight is 503 g/mol. The summed E-state index contributed by atoms with van der Waals surface area (Å²) in [7, 11) is 3.10. The van der Waals surface area contributed by atoms with Crippen molar-refractivity contribution in [2.45, 2.75) is 31.9 Å². The van der Waals surface area contributed by atoms with Gasteiger partial charge < -0.3 is 14.2 Å². The van der Waals surface area contributed by atoms with E-state index in [-0.39, 0.29) is 5.91 Å². The molecule has 2 fully saturated rings. The third-order valence-corrected chi connectivity index (χ3v) is 6.74. The van der Waals surface area contributed by atoms with Crippen molar-refractivity contribution in [3.63, 3.8) is 0 Å². The van der Waals surface area contributed by atoms with Gasteiger partial charge in [0.1, 0.15) is 11.7 Å². The minimum atomic E-state index is -0.978. The van der Waals surface area contributed by atoms with Crippen LogP contribution in [0.4, 0.5) is 11.4 Å². The van der Waals surface area contributed by atoms with Crippen LogP contribution in [0, 0.1) is 5.92 Å². The lowest BCUT2D eigenvalue weighted by molar-refractivity contribution is -0.126. The molecule has 2 saturated heterocycles. The van der Waals surface area contributed by atoms with Gasteiger partial charge in [-0.05, 0) is 48.4 Å². The summed E-state index contributed by atoms with van der Waals surface area (Å²) in [5.41, 5.74) is 1.92. The van der Waals surface area contributed by atoms with Crippen molar-refractivity contribution in [2.75, 3.05) is 30.8 Å². The molecule has 0 aliphatic carbocycles. The van der Waals surface area contributed by atoms with Crippen LogP contribution in [0.3, 0.4) is 0 Å². The monoisotopic (exact) mass is 502 g/mol. The van der Waals surface area contributed by atoms with E-state index < -0.39 is 24.0 Å². The molecule has 0 aromatic heterocycles. The van der Waals surface area contributed by atoms with Gasteiger partial charge in [-0.15, -0.1) is 0 Å². The zero-order chi connectivity index (χ0) is 25.9. The van der Waals surface area contributed by atoms with Crippen LogP contribution in [0.2, 0.25) is 0 Å². The fraction of sp³-hybridized carbons (Fsp3) is 0.310. The van der Waals surface area contributed by atoms with Crippen LogP contribution in [0.5, 0.6) is 17.2 Å². The lowest BCUT2D eigenvalue weighted by Gasteiger charge is -2.29. The number of fused-ring (bicyclic) bond motifs is 1. The molecule has 2 aliphatic rings. The number of benzene rings is 3. The van der Waals surface area contributed by atoms with Gasteiger partial charge in [0.2, 0.25) is 5.91 Å². The lowest BCUT2D eigenvalue weighted by atomic mass is 9.90. The number of unbranched alkanes of at least 4 members (excludes halogenated alkanes) is 1. The summed E-state index contributed by atoms with van der Waals surface area (Å²) in [6.07, 6.45) is 0.977. The fourth-order valence-corrected chi connectivity index (χ4v) is 4.92. The number of nitrogens with zero attached hydrogens (tertiary/aromatic N) is 2. The van der Waals surface area contributed by atoms with Gasteiger partial charge in [-0.25, -0.2) is 9.96 Å². The predicted molar refractivity (Wildman–Crippen MR) is 139 cm³/mol. The number of amides is 2. The first-order chi connectivity index (χ1) is 18.1. The third-order valence-electron chi connectivity index (χ3n) is 6.74. The van der Waals surface area contributed by atoms with Gasteiger partial charge in [0, 0.05) is 0 Å². The maximum absolute atomic E-state index is 13.9. The van der Waals surface area contributed by atoms with Crippen LogP contribution in [0.25, 0.3) is 0 Å². The minimum Gasteiger partial charge on any atom is -0.495 e. The summed E-state index contributed by atoms with van der Waals surface area (Å²) in [4.78, 5) is 34.9. The van der Waals surface area contributed by atoms with Gasteiger partial charge in [0.15, 0.2) is 17.6 Å². The number of anilines is 2. The summed E-state index contributed by atoms with van der Waals surface area (Å²) >= 11 is 0. The molecule has 0 spiro atoms. The van der Waals surface area contributed by atoms with E-state index in [1.165, 1.54) is 12.0 Å². The Morgan fingerprint density at radius 3 is 2.30 bits per heavy atom. The molecule has 0 radical (unpaired) electrons. The van der Waals surface area contributed by atoms with Crippen molar-refractivity contribution in [1.29, 1.82) is 0 Å². The second kappa shape index (κ2) is 10.5. The van der Waals surface area contributed by atoms with E-state index in [9.17, 15) is 9.59 Å². The Morgan fingerprint density at radius 1 is 0.838 bits per heavy atom. The summed E-state index contributed by atoms with van der Waals surface area (Å²) < 4.78 is 17.0. The highest BCUT2D eigenvalue weighted by molar-refractivity contribution is 6.24. The van der Waals surface area contributed by atoms with Crippen molar-refractivity contribution in [3.05, 3.63) is 78.4 Å². The van der Waals surface area contributed by atoms with E-state index >= 15 is 0 Å². The first-order valence-electron chi connectivity index (χ1n) is 12.4. The van der Waals surface area contributed by atoms with Crippen LogP contribution in [0.15, 0.2) is 72.8 Å². The molecule has 192 valence electrons. The van der Waals surface area contributed by atoms with Crippen molar-refractivity contribution in [3.8, 4) is 17.2 Å². The Bertz CT molecular complexity index is 1280. The van der Waals surface area contributed by atoms with Crippen molar-refractivity contribution >= 4 is 23.2 Å². The maximum Gasteiger partial charge on any atom is 0.266 e. The molecular weight excluding hydrogens is 472 g/mol. The average Bonchev–Trinajstić information content (AvgIpc) is 3.45. The highest BCUT2D eigenvalue weighted by atomic mass is 16.7. The minimum absolute atomic E-state index is 0.342. The van der Waals surface area contributed by atoms with Crippen LogP contribution in [-0.4, -0.2) is 38.7 Å². The Balaban J connectivity index is 1.56. The fourth-order valence-electron chi connectivity index (χ4n) is 4.92. The molecule has 0 unspecified atom stereocenters. The molecule has 0 bridgehead atoms. The zero-order valence-corrected chi connectivity index (χ0v) is 21.1. The predicted octanol–water partition coefficient (Wildman–Crippen LogP) is 4.93. The Hall–Kier alpha value is -4.04. The molecule has 0 saturated carbocycles. The number of hydrogen-bond donors (Lipinski definition) is 0. The zero-order valence-electron chi connectivity index (χ0n) is 21.1. The first kappa shape index (κ1) is 24.6. The second-order valence-electron chi connectivity index (χ2n) is 8.95. The third kappa shape index (κ3) is 4.38. The molecule has 2 amide bonds. The molecular formula is C29H30N2O6. The summed E-state index contributed by atoms with van der Waals surface area (Å²) in [6, 6.07) is 21.5. The number of carbonyl (C=O) groups is 2. The molecule has 3 atom stereocenters. The van der Waals surface area contributed by atoms with Crippen LogP contribution in [-0.2, 0) is 14.4 Å². The highest BCUT2D eigenvalue weighted by Crippen LogP contribution is 2.49. The van der Waals surface area contributed by atoms with E-state index in [4.69, 9.17) is 19.0 Å². The highest BCUT2D eigenvalue weighted by Gasteiger charge is 2.60. The van der Waals surface area contributed by atoms with Crippen molar-refractivity contribution in [2.24, 2.45) is 5.92 Å². The van der Waals surface area contributed by atoms with Crippen molar-refractivity contribution < 1.29 is 28.6 Å². The number of hydroxylamine groups is 1. The molecule has 2 heterocycles. The lowest BCUT2D eigenvalue weighted by Crippen LogP contribution is -2.37. The molecule has 8 nitrogen and oxygen atoms in total. The number of para-hydroxylation sites is 3. The van der Waals surface area contributed by atoms with E-state index in [1.807, 2.05) is 48.5 Å². The van der Waals surface area contributed by atoms with Gasteiger partial charge in [0.05, 0.1) is 38.2 Å². The van der Waals surface area contributed by atoms with Crippen LogP contribution in [0.1, 0.15) is 31.4 Å². The summed E-state index contributed by atoms with van der Waals surface area (Å²) in [6.45, 7) is 2.69. The number of rotatable bonds is 9. The quantitative estimate of drug-likeness (QED) is 0.303. The van der Waals surface area contributed by atoms with E-state index in [0.29, 0.717) is 29.5 Å². The SMILES string of the molecule is CCCCOc1ccc([C@@H]2[C@@H]3C(=O)N(c4ccccc4OC)C(=O)[C@H]3ON2c2ccccc2)cc1OC. The molecule has 0 N–H and O–H groups in total. The van der Waals surface area contributed by atoms with Crippen molar-refractivity contribution in [1.82, 2.24) is 0 Å². The van der Waals surface area contributed by atoms with Gasteiger partial charge in [-0.3, -0.25) is 14.4 Å². The Morgan fingerprint density at radius 2 is 1.57 bits per heavy atom. The van der Waals surface area contributed by atoms with E-state index in [2.05, 4.69) is 6.92 Å². The van der Waals surface area contributed by atoms with E-state index in [0.717, 1.165) is 24.1 Å². The molecule has 3 aromatic carbocycles. The van der Waals surface area contributed by atoms with Crippen LogP contribution >= 0.6 is 0 Å². The van der Waals surface area contributed by atoms with Gasteiger partial charge in [-0.2, -0.15) is 0 Å². The van der Waals surface area contributed by atoms with Crippen LogP contribution < -0.4 is 24.2 Å². The van der Waals surface area contributed by atoms with Gasteiger partial charge in [-0.1, -0.05) is 49.7 Å². The van der Waals surface area contributed by atoms with Gasteiger partial charge in [0.25, 0.3) is 5.91 Å². The second-order valence-corrected chi connectivity index (χ2v) is 8.95. The molecule has 5 rings (SSSR count). The topological polar surface area (TPSA) is 77.5 Å². The standard InChI is InChI=1S/C29H30N2O6/c1-4-5-17-36-23-16-15-19(18-24(23)35-3)26-25-27(37-31(26)20-11-7-6-8-12-20)29(33)30(28(25)32)21-13-9-10-14-22(21)34-2/h6-16,18,25-27H,4-5,17H2,1-3H3/t25-,26+,27-/m0/s1.